The highest BCUT2D eigenvalue weighted by Gasteiger charge is 2.23. The number of halogens is 2. The van der Waals surface area contributed by atoms with Crippen molar-refractivity contribution in [1.29, 1.82) is 0 Å². The summed E-state index contributed by atoms with van der Waals surface area (Å²) in [6.07, 6.45) is 0. The highest BCUT2D eigenvalue weighted by Crippen LogP contribution is 2.13. The first-order valence-corrected chi connectivity index (χ1v) is 8.47. The number of Topliss-reactive ketones (excluding diaryl/α,β-unsaturated/α-hetero) is 1. The molecule has 2 aromatic rings. The second kappa shape index (κ2) is 7.76. The Hall–Kier alpha value is -2.24. The molecule has 1 aliphatic rings. The van der Waals surface area contributed by atoms with Crippen molar-refractivity contribution in [3.8, 4) is 0 Å². The Morgan fingerprint density at radius 2 is 1.44 bits per heavy atom. The lowest BCUT2D eigenvalue weighted by molar-refractivity contribution is 0.0624. The van der Waals surface area contributed by atoms with E-state index < -0.39 is 0 Å². The van der Waals surface area contributed by atoms with Crippen molar-refractivity contribution in [2.45, 2.75) is 0 Å². The number of amides is 1. The summed E-state index contributed by atoms with van der Waals surface area (Å²) in [7, 11) is 0. The van der Waals surface area contributed by atoms with E-state index in [1.165, 1.54) is 24.3 Å². The van der Waals surface area contributed by atoms with Crippen LogP contribution in [0.5, 0.6) is 0 Å². The second-order valence-electron chi connectivity index (χ2n) is 6.01. The average Bonchev–Trinajstić information content (AvgIpc) is 2.63. The number of carbonyl (C=O) groups excluding carboxylic acids is 2. The van der Waals surface area contributed by atoms with Crippen LogP contribution < -0.4 is 0 Å². The number of benzene rings is 2. The molecule has 1 saturated heterocycles. The zero-order chi connectivity index (χ0) is 17.8. The van der Waals surface area contributed by atoms with Gasteiger partial charge >= 0.3 is 0 Å². The summed E-state index contributed by atoms with van der Waals surface area (Å²) in [6, 6.07) is 12.4. The van der Waals surface area contributed by atoms with Gasteiger partial charge in [0.15, 0.2) is 5.78 Å². The maximum atomic E-state index is 12.9. The van der Waals surface area contributed by atoms with Gasteiger partial charge in [0.2, 0.25) is 0 Å². The third-order valence-electron chi connectivity index (χ3n) is 4.28. The first-order valence-electron chi connectivity index (χ1n) is 8.09. The van der Waals surface area contributed by atoms with E-state index in [0.717, 1.165) is 0 Å². The Labute approximate surface area is 150 Å². The van der Waals surface area contributed by atoms with Crippen LogP contribution in [0.15, 0.2) is 48.5 Å². The Bertz CT molecular complexity index is 754. The third-order valence-corrected chi connectivity index (χ3v) is 4.54. The van der Waals surface area contributed by atoms with Gasteiger partial charge in [-0.05, 0) is 48.5 Å². The van der Waals surface area contributed by atoms with E-state index in [-0.39, 0.29) is 24.1 Å². The Balaban J connectivity index is 1.53. The lowest BCUT2D eigenvalue weighted by Gasteiger charge is -2.34. The van der Waals surface area contributed by atoms with Crippen LogP contribution >= 0.6 is 11.6 Å². The highest BCUT2D eigenvalue weighted by atomic mass is 35.5. The van der Waals surface area contributed by atoms with E-state index in [2.05, 4.69) is 0 Å². The van der Waals surface area contributed by atoms with Gasteiger partial charge in [-0.25, -0.2) is 4.39 Å². The first kappa shape index (κ1) is 17.6. The number of ketones is 1. The molecular weight excluding hydrogens is 343 g/mol. The zero-order valence-corrected chi connectivity index (χ0v) is 14.4. The van der Waals surface area contributed by atoms with E-state index >= 15 is 0 Å². The number of carbonyl (C=O) groups is 2. The summed E-state index contributed by atoms with van der Waals surface area (Å²) in [5.41, 5.74) is 1.11. The van der Waals surface area contributed by atoms with E-state index in [4.69, 9.17) is 11.6 Å². The fourth-order valence-corrected chi connectivity index (χ4v) is 2.94. The van der Waals surface area contributed by atoms with Gasteiger partial charge in [-0.1, -0.05) is 11.6 Å². The van der Waals surface area contributed by atoms with Crippen LogP contribution in [0.2, 0.25) is 5.02 Å². The van der Waals surface area contributed by atoms with Crippen LogP contribution in [0.3, 0.4) is 0 Å². The molecule has 1 amide bonds. The van der Waals surface area contributed by atoms with Crippen LogP contribution in [0.4, 0.5) is 4.39 Å². The van der Waals surface area contributed by atoms with Gasteiger partial charge in [-0.3, -0.25) is 14.5 Å². The highest BCUT2D eigenvalue weighted by molar-refractivity contribution is 6.30. The smallest absolute Gasteiger partial charge is 0.253 e. The molecule has 1 aliphatic heterocycles. The lowest BCUT2D eigenvalue weighted by atomic mass is 10.1. The molecule has 1 fully saturated rings. The molecule has 6 heteroatoms. The molecule has 0 spiro atoms. The van der Waals surface area contributed by atoms with Gasteiger partial charge in [-0.15, -0.1) is 0 Å². The molecule has 3 rings (SSSR count). The number of piperazine rings is 1. The molecule has 0 aromatic heterocycles. The number of hydrogen-bond acceptors (Lipinski definition) is 3. The van der Waals surface area contributed by atoms with Gasteiger partial charge in [-0.2, -0.15) is 0 Å². The summed E-state index contributed by atoms with van der Waals surface area (Å²) in [5.74, 6) is -0.426. The molecule has 0 radical (unpaired) electrons. The summed E-state index contributed by atoms with van der Waals surface area (Å²) < 4.78 is 12.9. The Morgan fingerprint density at radius 1 is 0.880 bits per heavy atom. The molecule has 0 atom stereocenters. The van der Waals surface area contributed by atoms with E-state index in [1.807, 2.05) is 4.90 Å². The standard InChI is InChI=1S/C19H18ClFN2O2/c20-16-5-1-15(2-6-16)19(25)23-11-9-22(10-12-23)13-18(24)14-3-7-17(21)8-4-14/h1-8H,9-13H2. The van der Waals surface area contributed by atoms with Crippen LogP contribution in [-0.2, 0) is 0 Å². The Morgan fingerprint density at radius 3 is 2.04 bits per heavy atom. The summed E-state index contributed by atoms with van der Waals surface area (Å²) in [4.78, 5) is 28.5. The van der Waals surface area contributed by atoms with Crippen molar-refractivity contribution < 1.29 is 14.0 Å². The topological polar surface area (TPSA) is 40.6 Å². The lowest BCUT2D eigenvalue weighted by Crippen LogP contribution is -2.49. The average molecular weight is 361 g/mol. The number of rotatable bonds is 4. The van der Waals surface area contributed by atoms with E-state index in [0.29, 0.717) is 42.3 Å². The van der Waals surface area contributed by atoms with Gasteiger partial charge < -0.3 is 4.90 Å². The fraction of sp³-hybridized carbons (Fsp3) is 0.263. The maximum absolute atomic E-state index is 12.9. The van der Waals surface area contributed by atoms with Gasteiger partial charge in [0.25, 0.3) is 5.91 Å². The molecule has 130 valence electrons. The second-order valence-corrected chi connectivity index (χ2v) is 6.44. The largest absolute Gasteiger partial charge is 0.336 e. The van der Waals surface area contributed by atoms with E-state index in [9.17, 15) is 14.0 Å². The minimum Gasteiger partial charge on any atom is -0.336 e. The van der Waals surface area contributed by atoms with Crippen molar-refractivity contribution in [3.05, 3.63) is 70.5 Å². The summed E-state index contributed by atoms with van der Waals surface area (Å²) >= 11 is 5.84. The summed E-state index contributed by atoms with van der Waals surface area (Å²) in [6.45, 7) is 2.67. The molecule has 0 bridgehead atoms. The molecule has 4 nitrogen and oxygen atoms in total. The van der Waals surface area contributed by atoms with Crippen molar-refractivity contribution in [1.82, 2.24) is 9.80 Å². The molecule has 0 saturated carbocycles. The number of hydrogen-bond donors (Lipinski definition) is 0. The third kappa shape index (κ3) is 4.44. The van der Waals surface area contributed by atoms with Gasteiger partial charge in [0, 0.05) is 42.3 Å². The van der Waals surface area contributed by atoms with Crippen LogP contribution in [0.1, 0.15) is 20.7 Å². The molecule has 0 aliphatic carbocycles. The SMILES string of the molecule is O=C(CN1CCN(C(=O)c2ccc(Cl)cc2)CC1)c1ccc(F)cc1. The summed E-state index contributed by atoms with van der Waals surface area (Å²) in [5, 5.41) is 0.598. The normalized spacial score (nSPS) is 15.2. The van der Waals surface area contributed by atoms with Crippen molar-refractivity contribution in [3.63, 3.8) is 0 Å². The molecule has 0 unspecified atom stereocenters. The first-order chi connectivity index (χ1) is 12.0. The minimum absolute atomic E-state index is 0.0267. The predicted octanol–water partition coefficient (Wildman–Crippen LogP) is 3.12. The number of nitrogens with zero attached hydrogens (tertiary/aromatic N) is 2. The molecule has 2 aromatic carbocycles. The Kier molecular flexibility index (Phi) is 5.46. The molecular formula is C19H18ClFN2O2. The quantitative estimate of drug-likeness (QED) is 0.787. The van der Waals surface area contributed by atoms with Crippen LogP contribution in [-0.4, -0.2) is 54.2 Å². The van der Waals surface area contributed by atoms with E-state index in [1.54, 1.807) is 29.2 Å². The van der Waals surface area contributed by atoms with Crippen molar-refractivity contribution in [2.24, 2.45) is 0 Å². The fourth-order valence-electron chi connectivity index (χ4n) is 2.81. The zero-order valence-electron chi connectivity index (χ0n) is 13.6. The van der Waals surface area contributed by atoms with Gasteiger partial charge in [0.05, 0.1) is 6.54 Å². The minimum atomic E-state index is -0.356. The molecule has 25 heavy (non-hydrogen) atoms. The van der Waals surface area contributed by atoms with Crippen LogP contribution in [0.25, 0.3) is 0 Å². The monoisotopic (exact) mass is 360 g/mol. The maximum Gasteiger partial charge on any atom is 0.253 e. The molecule has 1 heterocycles. The van der Waals surface area contributed by atoms with Crippen LogP contribution in [0, 0.1) is 5.82 Å². The van der Waals surface area contributed by atoms with Crippen molar-refractivity contribution >= 4 is 23.3 Å². The molecule has 0 N–H and O–H groups in total. The van der Waals surface area contributed by atoms with Crippen molar-refractivity contribution in [2.75, 3.05) is 32.7 Å². The predicted molar refractivity (Wildman–Crippen MR) is 94.5 cm³/mol. The van der Waals surface area contributed by atoms with Gasteiger partial charge in [0.1, 0.15) is 5.82 Å².